The summed E-state index contributed by atoms with van der Waals surface area (Å²) in [5, 5.41) is 4.05. The third kappa shape index (κ3) is 3.06. The Morgan fingerprint density at radius 3 is 1.86 bits per heavy atom. The summed E-state index contributed by atoms with van der Waals surface area (Å²) in [7, 11) is 0. The zero-order valence-corrected chi connectivity index (χ0v) is 4.93. The number of ether oxygens (including phenoxy) is 1. The van der Waals surface area contributed by atoms with E-state index in [1.165, 1.54) is 0 Å². The van der Waals surface area contributed by atoms with Crippen molar-refractivity contribution in [1.82, 2.24) is 0 Å². The molecule has 1 aliphatic heterocycles. The van der Waals surface area contributed by atoms with Crippen LogP contribution in [0.5, 0.6) is 0 Å². The molecule has 0 N–H and O–H groups in total. The molecule has 3 heteroatoms. The van der Waals surface area contributed by atoms with Gasteiger partial charge in [-0.2, -0.15) is 0 Å². The van der Waals surface area contributed by atoms with Crippen molar-refractivity contribution in [2.75, 3.05) is 26.3 Å². The third-order valence-corrected chi connectivity index (χ3v) is 0.787. The molecule has 7 heavy (non-hydrogen) atoms. The van der Waals surface area contributed by atoms with Crippen LogP contribution < -0.4 is 0 Å². The van der Waals surface area contributed by atoms with Crippen molar-refractivity contribution in [1.29, 1.82) is 0 Å². The van der Waals surface area contributed by atoms with Crippen LogP contribution in [0, 0.1) is 0 Å². The van der Waals surface area contributed by atoms with Gasteiger partial charge in [0, 0.05) is 13.2 Å². The summed E-state index contributed by atoms with van der Waals surface area (Å²) in [6.45, 7) is 3.47. The van der Waals surface area contributed by atoms with Crippen molar-refractivity contribution < 1.29 is 21.8 Å². The van der Waals surface area contributed by atoms with E-state index < -0.39 is 0 Å². The van der Waals surface area contributed by atoms with Gasteiger partial charge in [-0.1, -0.05) is 0 Å². The summed E-state index contributed by atoms with van der Waals surface area (Å²) in [5.41, 5.74) is 0. The monoisotopic (exact) mass is 149 g/mol. The van der Waals surface area contributed by atoms with Gasteiger partial charge in [0.25, 0.3) is 0 Å². The number of morpholine rings is 1. The van der Waals surface area contributed by atoms with Crippen LogP contribution in [0.4, 0.5) is 0 Å². The molecule has 1 rings (SSSR count). The van der Waals surface area contributed by atoms with Gasteiger partial charge in [0.1, 0.15) is 0 Å². The Balaban J connectivity index is 0.000000360. The van der Waals surface area contributed by atoms with Gasteiger partial charge in [-0.05, 0) is 0 Å². The second kappa shape index (κ2) is 4.59. The second-order valence-electron chi connectivity index (χ2n) is 1.28. The molecule has 0 aromatic heterocycles. The van der Waals surface area contributed by atoms with E-state index in [4.69, 9.17) is 4.74 Å². The maximum Gasteiger partial charge on any atom is 1.00 e. The molecule has 0 aromatic rings. The Morgan fingerprint density at radius 1 is 1.14 bits per heavy atom. The van der Waals surface area contributed by atoms with Crippen molar-refractivity contribution in [2.24, 2.45) is 0 Å². The molecule has 0 bridgehead atoms. The molecular formula is C4H8CuNO. The molecule has 1 fully saturated rings. The van der Waals surface area contributed by atoms with Gasteiger partial charge in [-0.15, -0.1) is 13.1 Å². The van der Waals surface area contributed by atoms with Crippen molar-refractivity contribution in [3.05, 3.63) is 5.32 Å². The maximum absolute atomic E-state index is 4.98. The number of nitrogens with zero attached hydrogens (tertiary/aromatic N) is 1. The minimum Gasteiger partial charge on any atom is -0.659 e. The van der Waals surface area contributed by atoms with Crippen LogP contribution in [-0.2, 0) is 21.8 Å². The average molecular weight is 150 g/mol. The van der Waals surface area contributed by atoms with E-state index in [-0.39, 0.29) is 17.1 Å². The van der Waals surface area contributed by atoms with Gasteiger partial charge in [0.2, 0.25) is 0 Å². The fraction of sp³-hybridized carbons (Fsp3) is 1.00. The van der Waals surface area contributed by atoms with Crippen molar-refractivity contribution >= 4 is 0 Å². The molecule has 0 amide bonds. The maximum atomic E-state index is 4.98. The average Bonchev–Trinajstić information content (AvgIpc) is 1.72. The van der Waals surface area contributed by atoms with E-state index in [9.17, 15) is 0 Å². The largest absolute Gasteiger partial charge is 1.00 e. The number of rotatable bonds is 0. The molecule has 2 nitrogen and oxygen atoms in total. The predicted molar refractivity (Wildman–Crippen MR) is 23.9 cm³/mol. The number of hydrogen-bond acceptors (Lipinski definition) is 1. The van der Waals surface area contributed by atoms with E-state index in [1.807, 2.05) is 0 Å². The fourth-order valence-electron chi connectivity index (χ4n) is 0.472. The van der Waals surface area contributed by atoms with Gasteiger partial charge in [-0.3, -0.25) is 0 Å². The first kappa shape index (κ1) is 7.44. The van der Waals surface area contributed by atoms with Gasteiger partial charge in [0.15, 0.2) is 0 Å². The van der Waals surface area contributed by atoms with Gasteiger partial charge in [-0.25, -0.2) is 0 Å². The predicted octanol–water partition coefficient (Wildman–Crippen LogP) is 0.388. The van der Waals surface area contributed by atoms with Gasteiger partial charge >= 0.3 is 17.1 Å². The summed E-state index contributed by atoms with van der Waals surface area (Å²) in [6, 6.07) is 0. The van der Waals surface area contributed by atoms with Crippen LogP contribution in [0.2, 0.25) is 0 Å². The zero-order valence-electron chi connectivity index (χ0n) is 3.99. The normalized spacial score (nSPS) is 20.6. The van der Waals surface area contributed by atoms with Gasteiger partial charge < -0.3 is 10.1 Å². The quantitative estimate of drug-likeness (QED) is 0.457. The fourth-order valence-corrected chi connectivity index (χ4v) is 0.472. The summed E-state index contributed by atoms with van der Waals surface area (Å²) < 4.78 is 4.98. The first-order valence-corrected chi connectivity index (χ1v) is 2.21. The zero-order chi connectivity index (χ0) is 4.24. The SMILES string of the molecule is C1COCC[N-]1.[Cu+]. The standard InChI is InChI=1S/C4H8NO.Cu/c1-3-6-4-2-5-1;/h1-4H2;/q-1;+1. The van der Waals surface area contributed by atoms with E-state index in [2.05, 4.69) is 5.32 Å². The minimum atomic E-state index is 0. The van der Waals surface area contributed by atoms with Crippen LogP contribution in [0.3, 0.4) is 0 Å². The van der Waals surface area contributed by atoms with E-state index in [1.54, 1.807) is 0 Å². The number of hydrogen-bond donors (Lipinski definition) is 0. The molecule has 1 saturated heterocycles. The van der Waals surface area contributed by atoms with E-state index >= 15 is 0 Å². The van der Waals surface area contributed by atoms with Crippen LogP contribution in [-0.4, -0.2) is 26.3 Å². The van der Waals surface area contributed by atoms with Crippen LogP contribution in [0.25, 0.3) is 5.32 Å². The first-order valence-electron chi connectivity index (χ1n) is 2.21. The molecule has 46 valence electrons. The molecule has 0 aliphatic carbocycles. The second-order valence-corrected chi connectivity index (χ2v) is 1.28. The van der Waals surface area contributed by atoms with Crippen LogP contribution >= 0.6 is 0 Å². The van der Waals surface area contributed by atoms with Crippen molar-refractivity contribution in [3.63, 3.8) is 0 Å². The van der Waals surface area contributed by atoms with Crippen LogP contribution in [0.15, 0.2) is 0 Å². The Bertz CT molecular complexity index is 27.2. The van der Waals surface area contributed by atoms with E-state index in [0.29, 0.717) is 0 Å². The third-order valence-electron chi connectivity index (χ3n) is 0.787. The van der Waals surface area contributed by atoms with Gasteiger partial charge in [0.05, 0.1) is 0 Å². The summed E-state index contributed by atoms with van der Waals surface area (Å²) in [5.74, 6) is 0. The smallest absolute Gasteiger partial charge is 0.659 e. The van der Waals surface area contributed by atoms with Crippen molar-refractivity contribution in [2.45, 2.75) is 0 Å². The minimum absolute atomic E-state index is 0. The molecule has 0 saturated carbocycles. The molecule has 1 aliphatic rings. The molecule has 0 atom stereocenters. The molecule has 0 unspecified atom stereocenters. The Kier molecular flexibility index (Phi) is 4.88. The molecule has 1 heterocycles. The Hall–Kier alpha value is 0.439. The Morgan fingerprint density at radius 2 is 1.71 bits per heavy atom. The summed E-state index contributed by atoms with van der Waals surface area (Å²) in [6.07, 6.45) is 0. The van der Waals surface area contributed by atoms with Crippen LogP contribution in [0.1, 0.15) is 0 Å². The molecule has 0 spiro atoms. The molecular weight excluding hydrogens is 142 g/mol. The topological polar surface area (TPSA) is 23.3 Å². The summed E-state index contributed by atoms with van der Waals surface area (Å²) >= 11 is 0. The summed E-state index contributed by atoms with van der Waals surface area (Å²) in [4.78, 5) is 0. The first-order chi connectivity index (χ1) is 3.00. The Labute approximate surface area is 54.1 Å². The molecule has 0 radical (unpaired) electrons. The molecule has 0 aromatic carbocycles. The van der Waals surface area contributed by atoms with Crippen molar-refractivity contribution in [3.8, 4) is 0 Å². The van der Waals surface area contributed by atoms with E-state index in [0.717, 1.165) is 26.3 Å².